The lowest BCUT2D eigenvalue weighted by Crippen LogP contribution is -2.43. The van der Waals surface area contributed by atoms with E-state index in [9.17, 15) is 4.79 Å². The van der Waals surface area contributed by atoms with E-state index < -0.39 is 0 Å². The quantitative estimate of drug-likeness (QED) is 0.904. The van der Waals surface area contributed by atoms with Gasteiger partial charge in [0.25, 0.3) is 0 Å². The van der Waals surface area contributed by atoms with Crippen LogP contribution in [0.3, 0.4) is 0 Å². The highest BCUT2D eigenvalue weighted by molar-refractivity contribution is 7.18. The third kappa shape index (κ3) is 2.78. The number of likely N-dealkylation sites (N-methyl/N-ethyl adjacent to an activating group) is 1. The minimum atomic E-state index is 0.198. The Hall–Kier alpha value is -1.89. The van der Waals surface area contributed by atoms with Crippen LogP contribution in [0.2, 0.25) is 0 Å². The number of nitrogens with zero attached hydrogens (tertiary/aromatic N) is 3. The number of piperidine rings is 1. The van der Waals surface area contributed by atoms with Gasteiger partial charge in [-0.3, -0.25) is 4.79 Å². The van der Waals surface area contributed by atoms with Crippen molar-refractivity contribution >= 4 is 39.2 Å². The van der Waals surface area contributed by atoms with Crippen LogP contribution in [0.25, 0.3) is 10.2 Å². The minimum absolute atomic E-state index is 0.198. The van der Waals surface area contributed by atoms with Gasteiger partial charge in [0.1, 0.15) is 10.6 Å². The fraction of sp³-hybridized carbons (Fsp3) is 0.500. The van der Waals surface area contributed by atoms with Gasteiger partial charge in [-0.2, -0.15) is 4.98 Å². The largest absolute Gasteiger partial charge is 0.368 e. The number of nitrogen functional groups attached to an aromatic ring is 1. The lowest BCUT2D eigenvalue weighted by atomic mass is 10.1. The summed E-state index contributed by atoms with van der Waals surface area (Å²) in [6.07, 6.45) is 2.36. The van der Waals surface area contributed by atoms with Gasteiger partial charge in [0, 0.05) is 30.9 Å². The molecule has 1 aliphatic rings. The summed E-state index contributed by atoms with van der Waals surface area (Å²) in [5.74, 6) is 1.26. The maximum Gasteiger partial charge on any atom is 0.223 e. The van der Waals surface area contributed by atoms with Gasteiger partial charge in [0.05, 0.1) is 5.39 Å². The van der Waals surface area contributed by atoms with Crippen LogP contribution in [0.1, 0.15) is 24.6 Å². The molecule has 3 heterocycles. The molecule has 2 aromatic rings. The molecule has 112 valence electrons. The number of aryl methyl sites for hydroxylation is 1. The summed E-state index contributed by atoms with van der Waals surface area (Å²) < 4.78 is 0. The van der Waals surface area contributed by atoms with Gasteiger partial charge in [0.15, 0.2) is 0 Å². The van der Waals surface area contributed by atoms with Crippen molar-refractivity contribution in [3.05, 3.63) is 10.9 Å². The van der Waals surface area contributed by atoms with Crippen molar-refractivity contribution in [1.82, 2.24) is 14.9 Å². The molecule has 7 heteroatoms. The number of carbonyl (C=O) groups is 1. The second-order valence-electron chi connectivity index (χ2n) is 5.37. The monoisotopic (exact) mass is 305 g/mol. The zero-order chi connectivity index (χ0) is 15.0. The van der Waals surface area contributed by atoms with Gasteiger partial charge >= 0.3 is 0 Å². The standard InChI is InChI=1S/C14H19N5OS/c1-3-9-6-10-12(17-14(15)18-13(10)21-9)16-8-4-5-11(20)19(2)7-8/h6,8H,3-5,7H2,1-2H3,(H3,15,16,17,18). The molecule has 3 rings (SSSR count). The minimum Gasteiger partial charge on any atom is -0.368 e. The molecule has 6 nitrogen and oxygen atoms in total. The van der Waals surface area contributed by atoms with Gasteiger partial charge in [-0.1, -0.05) is 6.92 Å². The predicted octanol–water partition coefficient (Wildman–Crippen LogP) is 1.87. The molecular formula is C14H19N5OS. The van der Waals surface area contributed by atoms with Crippen LogP contribution >= 0.6 is 11.3 Å². The van der Waals surface area contributed by atoms with Gasteiger partial charge in [-0.05, 0) is 18.9 Å². The summed E-state index contributed by atoms with van der Waals surface area (Å²) in [6, 6.07) is 2.33. The average Bonchev–Trinajstić information content (AvgIpc) is 2.86. The second-order valence-corrected chi connectivity index (χ2v) is 6.48. The van der Waals surface area contributed by atoms with Crippen molar-refractivity contribution in [3.63, 3.8) is 0 Å². The Morgan fingerprint density at radius 2 is 2.33 bits per heavy atom. The Morgan fingerprint density at radius 1 is 1.52 bits per heavy atom. The van der Waals surface area contributed by atoms with Crippen LogP contribution in [0, 0.1) is 0 Å². The third-order valence-electron chi connectivity index (χ3n) is 3.78. The number of rotatable bonds is 3. The maximum absolute atomic E-state index is 11.6. The number of hydrogen-bond acceptors (Lipinski definition) is 6. The molecule has 1 fully saturated rings. The lowest BCUT2D eigenvalue weighted by molar-refractivity contribution is -0.132. The molecule has 1 saturated heterocycles. The van der Waals surface area contributed by atoms with Crippen molar-refractivity contribution in [2.45, 2.75) is 32.2 Å². The predicted molar refractivity (Wildman–Crippen MR) is 85.5 cm³/mol. The molecule has 1 atom stereocenters. The molecule has 0 aromatic carbocycles. The first kappa shape index (κ1) is 14.1. The van der Waals surface area contributed by atoms with Crippen LogP contribution in [-0.2, 0) is 11.2 Å². The highest BCUT2D eigenvalue weighted by Crippen LogP contribution is 2.30. The highest BCUT2D eigenvalue weighted by Gasteiger charge is 2.24. The van der Waals surface area contributed by atoms with E-state index in [4.69, 9.17) is 5.73 Å². The van der Waals surface area contributed by atoms with E-state index in [0.29, 0.717) is 13.0 Å². The van der Waals surface area contributed by atoms with E-state index >= 15 is 0 Å². The van der Waals surface area contributed by atoms with E-state index in [-0.39, 0.29) is 17.9 Å². The maximum atomic E-state index is 11.6. The summed E-state index contributed by atoms with van der Waals surface area (Å²) >= 11 is 1.65. The zero-order valence-electron chi connectivity index (χ0n) is 12.2. The third-order valence-corrected chi connectivity index (χ3v) is 4.95. The van der Waals surface area contributed by atoms with Gasteiger partial charge < -0.3 is 16.0 Å². The molecule has 0 bridgehead atoms. The number of nitrogens with one attached hydrogen (secondary N) is 1. The topological polar surface area (TPSA) is 84.1 Å². The Bertz CT molecular complexity index is 683. The fourth-order valence-electron chi connectivity index (χ4n) is 2.60. The smallest absolute Gasteiger partial charge is 0.223 e. The molecule has 0 saturated carbocycles. The molecule has 3 N–H and O–H groups in total. The number of likely N-dealkylation sites (tertiary alicyclic amines) is 1. The number of nitrogens with two attached hydrogens (primary N) is 1. The number of hydrogen-bond donors (Lipinski definition) is 2. The van der Waals surface area contributed by atoms with Crippen molar-refractivity contribution in [3.8, 4) is 0 Å². The van der Waals surface area contributed by atoms with Crippen LogP contribution in [0.15, 0.2) is 6.07 Å². The molecule has 21 heavy (non-hydrogen) atoms. The Kier molecular flexibility index (Phi) is 3.67. The number of amides is 1. The number of thiophene rings is 1. The summed E-state index contributed by atoms with van der Waals surface area (Å²) in [6.45, 7) is 2.81. The van der Waals surface area contributed by atoms with Gasteiger partial charge in [-0.25, -0.2) is 4.98 Å². The Morgan fingerprint density at radius 3 is 3.05 bits per heavy atom. The van der Waals surface area contributed by atoms with E-state index in [1.165, 1.54) is 4.88 Å². The molecule has 0 radical (unpaired) electrons. The lowest BCUT2D eigenvalue weighted by Gasteiger charge is -2.30. The van der Waals surface area contributed by atoms with Crippen LogP contribution < -0.4 is 11.1 Å². The van der Waals surface area contributed by atoms with E-state index in [0.717, 1.165) is 28.9 Å². The number of anilines is 2. The Labute approximate surface area is 127 Å². The van der Waals surface area contributed by atoms with Crippen molar-refractivity contribution < 1.29 is 4.79 Å². The van der Waals surface area contributed by atoms with Gasteiger partial charge in [0.2, 0.25) is 11.9 Å². The SMILES string of the molecule is CCc1cc2c(NC3CCC(=O)N(C)C3)nc(N)nc2s1. The van der Waals surface area contributed by atoms with Crippen molar-refractivity contribution in [2.75, 3.05) is 24.6 Å². The number of carbonyl (C=O) groups excluding carboxylic acids is 1. The summed E-state index contributed by atoms with van der Waals surface area (Å²) in [5.41, 5.74) is 5.81. The molecule has 1 amide bonds. The molecular weight excluding hydrogens is 286 g/mol. The average molecular weight is 305 g/mol. The van der Waals surface area contributed by atoms with E-state index in [1.807, 2.05) is 7.05 Å². The highest BCUT2D eigenvalue weighted by atomic mass is 32.1. The first-order chi connectivity index (χ1) is 10.1. The van der Waals surface area contributed by atoms with Crippen molar-refractivity contribution in [2.24, 2.45) is 0 Å². The van der Waals surface area contributed by atoms with Gasteiger partial charge in [-0.15, -0.1) is 11.3 Å². The van der Waals surface area contributed by atoms with E-state index in [2.05, 4.69) is 28.3 Å². The van der Waals surface area contributed by atoms with Crippen LogP contribution in [-0.4, -0.2) is 40.4 Å². The molecule has 0 spiro atoms. The Balaban J connectivity index is 1.89. The second kappa shape index (κ2) is 5.48. The van der Waals surface area contributed by atoms with Crippen LogP contribution in [0.5, 0.6) is 0 Å². The van der Waals surface area contributed by atoms with Crippen LogP contribution in [0.4, 0.5) is 11.8 Å². The summed E-state index contributed by atoms with van der Waals surface area (Å²) in [7, 11) is 1.83. The summed E-state index contributed by atoms with van der Waals surface area (Å²) in [4.78, 5) is 24.2. The molecule has 2 aromatic heterocycles. The first-order valence-electron chi connectivity index (χ1n) is 7.13. The first-order valence-corrected chi connectivity index (χ1v) is 7.95. The van der Waals surface area contributed by atoms with E-state index in [1.54, 1.807) is 16.2 Å². The molecule has 0 aliphatic carbocycles. The normalized spacial score (nSPS) is 19.2. The summed E-state index contributed by atoms with van der Waals surface area (Å²) in [5, 5.41) is 4.45. The number of fused-ring (bicyclic) bond motifs is 1. The molecule has 1 unspecified atom stereocenters. The molecule has 1 aliphatic heterocycles. The fourth-order valence-corrected chi connectivity index (χ4v) is 3.57. The zero-order valence-corrected chi connectivity index (χ0v) is 13.0. The van der Waals surface area contributed by atoms with Crippen molar-refractivity contribution in [1.29, 1.82) is 0 Å². The number of aromatic nitrogens is 2.